The van der Waals surface area contributed by atoms with Gasteiger partial charge in [-0.3, -0.25) is 5.32 Å². The van der Waals surface area contributed by atoms with Crippen LogP contribution < -0.4 is 10.6 Å². The van der Waals surface area contributed by atoms with Gasteiger partial charge in [0, 0.05) is 12.6 Å². The van der Waals surface area contributed by atoms with Crippen LogP contribution in [0, 0.1) is 12.5 Å². The van der Waals surface area contributed by atoms with Gasteiger partial charge in [0.05, 0.1) is 0 Å². The molecule has 0 fully saturated rings. The van der Waals surface area contributed by atoms with Gasteiger partial charge in [-0.1, -0.05) is 6.42 Å². The molecule has 0 bridgehead atoms. The monoisotopic (exact) mass is 197 g/mol. The quantitative estimate of drug-likeness (QED) is 0.558. The van der Waals surface area contributed by atoms with Crippen LogP contribution >= 0.6 is 11.6 Å². The molecule has 0 spiro atoms. The Kier molecular flexibility index (Phi) is 3.29. The van der Waals surface area contributed by atoms with Crippen molar-refractivity contribution in [2.24, 2.45) is 0 Å². The first kappa shape index (κ1) is 9.55. The van der Waals surface area contributed by atoms with Crippen LogP contribution in [0.5, 0.6) is 0 Å². The average Bonchev–Trinajstić information content (AvgIpc) is 2.04. The van der Waals surface area contributed by atoms with Gasteiger partial charge >= 0.3 is 0 Å². The van der Waals surface area contributed by atoms with Gasteiger partial charge in [-0.15, -0.1) is 0 Å². The lowest BCUT2D eigenvalue weighted by Crippen LogP contribution is -2.06. The molecule has 0 aliphatic heterocycles. The van der Waals surface area contributed by atoms with Crippen molar-refractivity contribution in [2.45, 2.75) is 6.92 Å². The highest BCUT2D eigenvalue weighted by Crippen LogP contribution is 2.08. The van der Waals surface area contributed by atoms with E-state index in [0.29, 0.717) is 12.5 Å². The maximum Gasteiger partial charge on any atom is 0.240 e. The zero-order valence-electron chi connectivity index (χ0n) is 7.00. The van der Waals surface area contributed by atoms with Crippen molar-refractivity contribution in [1.82, 2.24) is 15.0 Å². The molecule has 1 aromatic heterocycles. The third-order valence-corrected chi connectivity index (χ3v) is 1.30. The fourth-order valence-electron chi connectivity index (χ4n) is 0.708. The summed E-state index contributed by atoms with van der Waals surface area (Å²) >= 11 is 5.61. The number of nitrogens with zero attached hydrogens (tertiary/aromatic N) is 3. The van der Waals surface area contributed by atoms with Gasteiger partial charge in [-0.05, 0) is 18.5 Å². The minimum atomic E-state index is 0.101. The van der Waals surface area contributed by atoms with Crippen LogP contribution in [-0.2, 0) is 0 Å². The van der Waals surface area contributed by atoms with Crippen molar-refractivity contribution >= 4 is 23.5 Å². The molecule has 0 radical (unpaired) electrons. The van der Waals surface area contributed by atoms with E-state index in [1.54, 1.807) is 0 Å². The number of halogens is 1. The second-order valence-electron chi connectivity index (χ2n) is 2.05. The van der Waals surface area contributed by atoms with Gasteiger partial charge < -0.3 is 5.32 Å². The Morgan fingerprint density at radius 2 is 2.08 bits per heavy atom. The predicted octanol–water partition coefficient (Wildman–Crippen LogP) is 0.959. The van der Waals surface area contributed by atoms with Gasteiger partial charge in [0.25, 0.3) is 0 Å². The van der Waals surface area contributed by atoms with Gasteiger partial charge in [0.2, 0.25) is 17.2 Å². The molecular formula is C7H8ClN5. The number of anilines is 2. The molecule has 13 heavy (non-hydrogen) atoms. The zero-order valence-corrected chi connectivity index (χ0v) is 7.76. The van der Waals surface area contributed by atoms with Gasteiger partial charge in [-0.2, -0.15) is 15.0 Å². The van der Waals surface area contributed by atoms with Crippen molar-refractivity contribution in [2.75, 3.05) is 17.2 Å². The Balaban J connectivity index is 2.91. The Morgan fingerprint density at radius 3 is 2.69 bits per heavy atom. The molecule has 1 heterocycles. The lowest BCUT2D eigenvalue weighted by molar-refractivity contribution is 1.02. The Morgan fingerprint density at radius 1 is 1.38 bits per heavy atom. The van der Waals surface area contributed by atoms with E-state index >= 15 is 0 Å². The molecule has 5 nitrogen and oxygen atoms in total. The SMILES string of the molecule is C#CNc1nc(Cl)nc(NCC)n1. The van der Waals surface area contributed by atoms with Crippen LogP contribution in [0.2, 0.25) is 5.28 Å². The van der Waals surface area contributed by atoms with E-state index in [9.17, 15) is 0 Å². The molecule has 0 unspecified atom stereocenters. The molecule has 1 aromatic rings. The molecule has 0 atom stereocenters. The molecule has 1 rings (SSSR count). The Labute approximate surface area is 81.0 Å². The van der Waals surface area contributed by atoms with Crippen molar-refractivity contribution in [3.8, 4) is 12.5 Å². The largest absolute Gasteiger partial charge is 0.354 e. The van der Waals surface area contributed by atoms with E-state index < -0.39 is 0 Å². The fourth-order valence-corrected chi connectivity index (χ4v) is 0.868. The van der Waals surface area contributed by atoms with Crippen molar-refractivity contribution in [3.05, 3.63) is 5.28 Å². The normalized spacial score (nSPS) is 9.00. The summed E-state index contributed by atoms with van der Waals surface area (Å²) in [6, 6.07) is 2.19. The van der Waals surface area contributed by atoms with E-state index in [0.717, 1.165) is 0 Å². The maximum atomic E-state index is 5.61. The summed E-state index contributed by atoms with van der Waals surface area (Å²) in [5, 5.41) is 5.48. The van der Waals surface area contributed by atoms with Crippen LogP contribution in [-0.4, -0.2) is 21.5 Å². The van der Waals surface area contributed by atoms with E-state index in [1.807, 2.05) is 6.92 Å². The molecule has 0 saturated carbocycles. The molecule has 0 aliphatic rings. The molecule has 0 aromatic carbocycles. The molecule has 6 heteroatoms. The van der Waals surface area contributed by atoms with Gasteiger partial charge in [-0.25, -0.2) is 0 Å². The number of rotatable bonds is 3. The lowest BCUT2D eigenvalue weighted by atomic mass is 10.7. The first-order chi connectivity index (χ1) is 6.26. The lowest BCUT2D eigenvalue weighted by Gasteiger charge is -2.02. The summed E-state index contributed by atoms with van der Waals surface area (Å²) in [6.07, 6.45) is 5.01. The minimum absolute atomic E-state index is 0.101. The van der Waals surface area contributed by atoms with Crippen molar-refractivity contribution in [1.29, 1.82) is 0 Å². The predicted molar refractivity (Wildman–Crippen MR) is 51.5 cm³/mol. The van der Waals surface area contributed by atoms with Gasteiger partial charge in [0.15, 0.2) is 0 Å². The number of terminal acetylenes is 1. The number of nitrogens with one attached hydrogen (secondary N) is 2. The smallest absolute Gasteiger partial charge is 0.240 e. The summed E-state index contributed by atoms with van der Waals surface area (Å²) in [5.74, 6) is 0.665. The summed E-state index contributed by atoms with van der Waals surface area (Å²) in [7, 11) is 0. The van der Waals surface area contributed by atoms with E-state index in [4.69, 9.17) is 18.0 Å². The van der Waals surface area contributed by atoms with Crippen LogP contribution in [0.15, 0.2) is 0 Å². The highest BCUT2D eigenvalue weighted by molar-refractivity contribution is 6.28. The summed E-state index contributed by atoms with van der Waals surface area (Å²) in [6.45, 7) is 2.63. The third-order valence-electron chi connectivity index (χ3n) is 1.13. The first-order valence-corrected chi connectivity index (χ1v) is 4.01. The topological polar surface area (TPSA) is 62.7 Å². The molecule has 0 aliphatic carbocycles. The van der Waals surface area contributed by atoms with Crippen LogP contribution in [0.4, 0.5) is 11.9 Å². The Bertz CT molecular complexity index is 332. The van der Waals surface area contributed by atoms with Crippen molar-refractivity contribution in [3.63, 3.8) is 0 Å². The van der Waals surface area contributed by atoms with Gasteiger partial charge in [0.1, 0.15) is 0 Å². The van der Waals surface area contributed by atoms with Crippen molar-refractivity contribution < 1.29 is 0 Å². The summed E-state index contributed by atoms with van der Waals surface area (Å²) in [5.41, 5.74) is 0. The first-order valence-electron chi connectivity index (χ1n) is 3.63. The standard InChI is InChI=1S/C7H8ClN5/c1-3-9-6-11-5(8)12-7(13-6)10-4-2/h1H,4H2,2H3,(H2,9,10,11,12,13). The second-order valence-corrected chi connectivity index (χ2v) is 2.39. The highest BCUT2D eigenvalue weighted by Gasteiger charge is 2.01. The molecule has 68 valence electrons. The van der Waals surface area contributed by atoms with E-state index in [1.165, 1.54) is 0 Å². The molecular weight excluding hydrogens is 190 g/mol. The maximum absolute atomic E-state index is 5.61. The van der Waals surface area contributed by atoms with E-state index in [-0.39, 0.29) is 11.2 Å². The molecule has 2 N–H and O–H groups in total. The second kappa shape index (κ2) is 4.48. The third kappa shape index (κ3) is 2.76. The number of hydrogen-bond acceptors (Lipinski definition) is 5. The minimum Gasteiger partial charge on any atom is -0.354 e. The summed E-state index contributed by atoms with van der Waals surface area (Å²) < 4.78 is 0. The van der Waals surface area contributed by atoms with E-state index in [2.05, 4.69) is 31.6 Å². The van der Waals surface area contributed by atoms with Crippen LogP contribution in [0.25, 0.3) is 0 Å². The van der Waals surface area contributed by atoms with Crippen LogP contribution in [0.3, 0.4) is 0 Å². The highest BCUT2D eigenvalue weighted by atomic mass is 35.5. The average molecular weight is 198 g/mol. The van der Waals surface area contributed by atoms with Crippen LogP contribution in [0.1, 0.15) is 6.92 Å². The molecule has 0 saturated heterocycles. The summed E-state index contributed by atoms with van der Waals surface area (Å²) in [4.78, 5) is 11.5. The Hall–Kier alpha value is -1.54. The number of aromatic nitrogens is 3. The zero-order chi connectivity index (χ0) is 9.68. The fraction of sp³-hybridized carbons (Fsp3) is 0.286. The number of hydrogen-bond donors (Lipinski definition) is 2. The molecule has 0 amide bonds.